The quantitative estimate of drug-likeness (QED) is 0.561. The van der Waals surface area contributed by atoms with E-state index in [1.165, 1.54) is 0 Å². The summed E-state index contributed by atoms with van der Waals surface area (Å²) in [6.45, 7) is 8.47. The predicted octanol–water partition coefficient (Wildman–Crippen LogP) is 3.51. The fraction of sp³-hybridized carbons (Fsp3) is 0.529. The number of hydrogen-bond acceptors (Lipinski definition) is 4. The first-order chi connectivity index (χ1) is 10.6. The molecule has 0 aromatic heterocycles. The number of benzene rings is 1. The lowest BCUT2D eigenvalue weighted by Gasteiger charge is -2.14. The number of unbranched alkanes of at least 4 members (excludes halogenated alkanes) is 1. The highest BCUT2D eigenvalue weighted by Crippen LogP contribution is 2.28. The Morgan fingerprint density at radius 3 is 2.73 bits per heavy atom. The van der Waals surface area contributed by atoms with Crippen LogP contribution in [0.25, 0.3) is 0 Å². The molecule has 0 aliphatic rings. The second-order valence-electron chi connectivity index (χ2n) is 5.20. The van der Waals surface area contributed by atoms with Gasteiger partial charge in [-0.2, -0.15) is 5.10 Å². The van der Waals surface area contributed by atoms with Crippen LogP contribution in [0.5, 0.6) is 11.5 Å². The number of hydrazone groups is 1. The predicted molar refractivity (Wildman–Crippen MR) is 88.6 cm³/mol. The first-order valence-corrected chi connectivity index (χ1v) is 7.82. The smallest absolute Gasteiger partial charge is 0.240 e. The van der Waals surface area contributed by atoms with Crippen molar-refractivity contribution in [3.8, 4) is 11.5 Å². The molecule has 1 rings (SSSR count). The third-order valence-corrected chi connectivity index (χ3v) is 2.79. The van der Waals surface area contributed by atoms with Crippen LogP contribution in [0.1, 0.15) is 52.5 Å². The van der Waals surface area contributed by atoms with Crippen molar-refractivity contribution >= 4 is 12.1 Å². The summed E-state index contributed by atoms with van der Waals surface area (Å²) in [5.74, 6) is 1.32. The molecule has 0 saturated heterocycles. The van der Waals surface area contributed by atoms with Gasteiger partial charge in [0, 0.05) is 6.42 Å². The van der Waals surface area contributed by atoms with E-state index in [0.717, 1.165) is 18.4 Å². The molecule has 0 bridgehead atoms. The molecule has 5 nitrogen and oxygen atoms in total. The molecule has 0 fully saturated rings. The van der Waals surface area contributed by atoms with E-state index in [2.05, 4.69) is 10.5 Å². The van der Waals surface area contributed by atoms with E-state index < -0.39 is 0 Å². The lowest BCUT2D eigenvalue weighted by molar-refractivity contribution is -0.121. The van der Waals surface area contributed by atoms with Crippen molar-refractivity contribution in [3.63, 3.8) is 0 Å². The Kier molecular flexibility index (Phi) is 8.04. The van der Waals surface area contributed by atoms with Crippen LogP contribution in [0.15, 0.2) is 23.3 Å². The summed E-state index contributed by atoms with van der Waals surface area (Å²) in [6.07, 6.45) is 4.05. The second kappa shape index (κ2) is 9.82. The second-order valence-corrected chi connectivity index (χ2v) is 5.20. The van der Waals surface area contributed by atoms with Crippen molar-refractivity contribution in [2.24, 2.45) is 5.10 Å². The molecule has 1 amide bonds. The normalized spacial score (nSPS) is 11.0. The van der Waals surface area contributed by atoms with Crippen molar-refractivity contribution in [2.45, 2.75) is 53.1 Å². The maximum absolute atomic E-state index is 11.5. The molecule has 5 heteroatoms. The van der Waals surface area contributed by atoms with Gasteiger partial charge in [0.1, 0.15) is 0 Å². The Labute approximate surface area is 132 Å². The van der Waals surface area contributed by atoms with Gasteiger partial charge in [-0.3, -0.25) is 4.79 Å². The van der Waals surface area contributed by atoms with Crippen molar-refractivity contribution in [1.82, 2.24) is 5.43 Å². The minimum absolute atomic E-state index is 0.0668. The van der Waals surface area contributed by atoms with Crippen LogP contribution in [0, 0.1) is 0 Å². The Balaban J connectivity index is 2.70. The molecule has 22 heavy (non-hydrogen) atoms. The van der Waals surface area contributed by atoms with E-state index in [4.69, 9.17) is 9.47 Å². The third-order valence-electron chi connectivity index (χ3n) is 2.79. The number of ether oxygens (including phenoxy) is 2. The molecule has 1 aromatic carbocycles. The molecule has 1 N–H and O–H groups in total. The van der Waals surface area contributed by atoms with Crippen molar-refractivity contribution in [2.75, 3.05) is 6.61 Å². The number of hydrogen-bond donors (Lipinski definition) is 1. The number of rotatable bonds is 9. The van der Waals surface area contributed by atoms with E-state index >= 15 is 0 Å². The summed E-state index contributed by atoms with van der Waals surface area (Å²) in [7, 11) is 0. The van der Waals surface area contributed by atoms with Gasteiger partial charge >= 0.3 is 0 Å². The highest BCUT2D eigenvalue weighted by molar-refractivity contribution is 5.83. The SMILES string of the molecule is CCCCC(=O)N/N=C/c1ccc(OC(C)C)c(OCC)c1. The molecule has 0 aliphatic heterocycles. The molecule has 0 radical (unpaired) electrons. The number of amides is 1. The third kappa shape index (κ3) is 6.61. The van der Waals surface area contributed by atoms with Crippen LogP contribution in [0.4, 0.5) is 0 Å². The Morgan fingerprint density at radius 2 is 2.09 bits per heavy atom. The highest BCUT2D eigenvalue weighted by atomic mass is 16.5. The first kappa shape index (κ1) is 18.0. The van der Waals surface area contributed by atoms with Crippen LogP contribution in [0.2, 0.25) is 0 Å². The molecule has 0 heterocycles. The van der Waals surface area contributed by atoms with Crippen molar-refractivity contribution in [1.29, 1.82) is 0 Å². The van der Waals surface area contributed by atoms with Gasteiger partial charge < -0.3 is 9.47 Å². The van der Waals surface area contributed by atoms with E-state index in [0.29, 0.717) is 24.5 Å². The minimum Gasteiger partial charge on any atom is -0.490 e. The van der Waals surface area contributed by atoms with Gasteiger partial charge in [-0.15, -0.1) is 0 Å². The number of carbonyl (C=O) groups is 1. The summed E-state index contributed by atoms with van der Waals surface area (Å²) in [5.41, 5.74) is 3.37. The van der Waals surface area contributed by atoms with Crippen molar-refractivity contribution in [3.05, 3.63) is 23.8 Å². The lowest BCUT2D eigenvalue weighted by atomic mass is 10.2. The molecule has 0 saturated carbocycles. The van der Waals surface area contributed by atoms with Crippen LogP contribution >= 0.6 is 0 Å². The molecule has 0 spiro atoms. The van der Waals surface area contributed by atoms with Crippen LogP contribution in [-0.4, -0.2) is 24.8 Å². The van der Waals surface area contributed by atoms with Crippen LogP contribution < -0.4 is 14.9 Å². The summed E-state index contributed by atoms with van der Waals surface area (Å²) in [4.78, 5) is 11.5. The van der Waals surface area contributed by atoms with Gasteiger partial charge in [0.05, 0.1) is 18.9 Å². The van der Waals surface area contributed by atoms with Crippen molar-refractivity contribution < 1.29 is 14.3 Å². The number of carbonyl (C=O) groups excluding carboxylic acids is 1. The van der Waals surface area contributed by atoms with Gasteiger partial charge in [-0.25, -0.2) is 5.43 Å². The van der Waals surface area contributed by atoms with E-state index in [1.54, 1.807) is 6.21 Å². The molecule has 0 aliphatic carbocycles. The lowest BCUT2D eigenvalue weighted by Crippen LogP contribution is -2.16. The van der Waals surface area contributed by atoms with Crippen LogP contribution in [0.3, 0.4) is 0 Å². The topological polar surface area (TPSA) is 59.9 Å². The van der Waals surface area contributed by atoms with Gasteiger partial charge in [0.25, 0.3) is 0 Å². The summed E-state index contributed by atoms with van der Waals surface area (Å²) >= 11 is 0. The average molecular weight is 306 g/mol. The van der Waals surface area contributed by atoms with E-state index in [9.17, 15) is 4.79 Å². The standard InChI is InChI=1S/C17H26N2O3/c1-5-7-8-17(20)19-18-12-14-9-10-15(22-13(3)4)16(11-14)21-6-2/h9-13H,5-8H2,1-4H3,(H,19,20)/b18-12+. The maximum atomic E-state index is 11.5. The first-order valence-electron chi connectivity index (χ1n) is 7.82. The molecule has 1 aromatic rings. The molecular weight excluding hydrogens is 280 g/mol. The zero-order valence-corrected chi connectivity index (χ0v) is 13.9. The summed E-state index contributed by atoms with van der Waals surface area (Å²) in [6, 6.07) is 5.58. The van der Waals surface area contributed by atoms with E-state index in [1.807, 2.05) is 45.9 Å². The fourth-order valence-electron chi connectivity index (χ4n) is 1.80. The highest BCUT2D eigenvalue weighted by Gasteiger charge is 2.07. The van der Waals surface area contributed by atoms with Gasteiger partial charge in [-0.05, 0) is 51.0 Å². The van der Waals surface area contributed by atoms with E-state index in [-0.39, 0.29) is 12.0 Å². The maximum Gasteiger partial charge on any atom is 0.240 e. The summed E-state index contributed by atoms with van der Waals surface area (Å²) < 4.78 is 11.3. The Morgan fingerprint density at radius 1 is 1.32 bits per heavy atom. The van der Waals surface area contributed by atoms with Crippen LogP contribution in [-0.2, 0) is 4.79 Å². The Hall–Kier alpha value is -2.04. The Bertz CT molecular complexity index is 499. The largest absolute Gasteiger partial charge is 0.490 e. The molecular formula is C17H26N2O3. The van der Waals surface area contributed by atoms with Gasteiger partial charge in [0.2, 0.25) is 5.91 Å². The number of nitrogens with zero attached hydrogens (tertiary/aromatic N) is 1. The fourth-order valence-corrected chi connectivity index (χ4v) is 1.80. The molecule has 0 unspecified atom stereocenters. The van der Waals surface area contributed by atoms with Gasteiger partial charge in [0.15, 0.2) is 11.5 Å². The van der Waals surface area contributed by atoms with Gasteiger partial charge in [-0.1, -0.05) is 13.3 Å². The zero-order chi connectivity index (χ0) is 16.4. The molecule has 0 atom stereocenters. The monoisotopic (exact) mass is 306 g/mol. The summed E-state index contributed by atoms with van der Waals surface area (Å²) in [5, 5.41) is 3.97. The minimum atomic E-state index is -0.0668. The number of nitrogens with one attached hydrogen (secondary N) is 1. The molecule has 122 valence electrons. The zero-order valence-electron chi connectivity index (χ0n) is 13.9. The average Bonchev–Trinajstić information content (AvgIpc) is 2.47.